The van der Waals surface area contributed by atoms with Gasteiger partial charge in [0.05, 0.1) is 5.52 Å². The molecule has 1 aliphatic heterocycles. The summed E-state index contributed by atoms with van der Waals surface area (Å²) in [6, 6.07) is 8.63. The van der Waals surface area contributed by atoms with Crippen LogP contribution in [0, 0.1) is 0 Å². The van der Waals surface area contributed by atoms with Crippen LogP contribution < -0.4 is 11.1 Å². The Morgan fingerprint density at radius 1 is 1.17 bits per heavy atom. The highest BCUT2D eigenvalue weighted by molar-refractivity contribution is 5.96. The maximum atomic E-state index is 13.4. The number of amides is 3. The third-order valence-corrected chi connectivity index (χ3v) is 6.04. The standard InChI is InChI=1S/C26H29N7O3/c1-3-4-22-26(36)32(15-19-5-8-20-21(13-19)29-16-30-25(20)27)11-12-33(22)24(35)10-7-18-6-9-23(28-14-18)31-17(2)34/h5-10,13-14,16,22H,3-4,11-12,15H2,1-2H3,(H2,27,29,30)(H,28,31,34)/t22-/m0/s1. The van der Waals surface area contributed by atoms with E-state index in [9.17, 15) is 14.4 Å². The Labute approximate surface area is 209 Å². The Kier molecular flexibility index (Phi) is 7.53. The molecule has 0 aliphatic carbocycles. The number of hydrogen-bond acceptors (Lipinski definition) is 7. The first kappa shape index (κ1) is 24.8. The fourth-order valence-corrected chi connectivity index (χ4v) is 4.28. The van der Waals surface area contributed by atoms with E-state index in [0.29, 0.717) is 37.7 Å². The van der Waals surface area contributed by atoms with Crippen molar-refractivity contribution in [2.75, 3.05) is 24.1 Å². The quantitative estimate of drug-likeness (QED) is 0.489. The van der Waals surface area contributed by atoms with Gasteiger partial charge < -0.3 is 20.9 Å². The molecular weight excluding hydrogens is 458 g/mol. The van der Waals surface area contributed by atoms with Crippen molar-refractivity contribution in [1.82, 2.24) is 24.8 Å². The number of nitrogen functional groups attached to an aromatic ring is 1. The number of hydrogen-bond donors (Lipinski definition) is 2. The summed E-state index contributed by atoms with van der Waals surface area (Å²) in [7, 11) is 0. The van der Waals surface area contributed by atoms with Gasteiger partial charge in [0, 0.05) is 44.2 Å². The molecule has 10 heteroatoms. The van der Waals surface area contributed by atoms with Gasteiger partial charge in [-0.3, -0.25) is 14.4 Å². The molecule has 1 aromatic carbocycles. The van der Waals surface area contributed by atoms with Crippen LogP contribution >= 0.6 is 0 Å². The second kappa shape index (κ2) is 10.9. The predicted molar refractivity (Wildman–Crippen MR) is 137 cm³/mol. The molecule has 0 bridgehead atoms. The van der Waals surface area contributed by atoms with Gasteiger partial charge in [0.15, 0.2) is 0 Å². The van der Waals surface area contributed by atoms with Crippen molar-refractivity contribution in [1.29, 1.82) is 0 Å². The molecule has 0 unspecified atom stereocenters. The Morgan fingerprint density at radius 2 is 2.00 bits per heavy atom. The number of piperazine rings is 1. The summed E-state index contributed by atoms with van der Waals surface area (Å²) < 4.78 is 0. The van der Waals surface area contributed by atoms with E-state index < -0.39 is 6.04 Å². The molecule has 0 spiro atoms. The summed E-state index contributed by atoms with van der Waals surface area (Å²) in [6.07, 6.45) is 7.49. The van der Waals surface area contributed by atoms with Gasteiger partial charge in [0.2, 0.25) is 17.7 Å². The molecule has 1 aliphatic rings. The van der Waals surface area contributed by atoms with E-state index in [-0.39, 0.29) is 17.7 Å². The van der Waals surface area contributed by atoms with E-state index in [1.807, 2.05) is 25.1 Å². The maximum absolute atomic E-state index is 13.4. The highest BCUT2D eigenvalue weighted by Gasteiger charge is 2.36. The number of rotatable bonds is 7. The van der Waals surface area contributed by atoms with Crippen LogP contribution in [0.25, 0.3) is 17.0 Å². The third-order valence-electron chi connectivity index (χ3n) is 6.04. The summed E-state index contributed by atoms with van der Waals surface area (Å²) in [5, 5.41) is 3.38. The topological polar surface area (TPSA) is 134 Å². The third kappa shape index (κ3) is 5.65. The van der Waals surface area contributed by atoms with Crippen molar-refractivity contribution in [3.05, 3.63) is 60.1 Å². The van der Waals surface area contributed by atoms with Crippen LogP contribution in [0.4, 0.5) is 11.6 Å². The van der Waals surface area contributed by atoms with Crippen molar-refractivity contribution < 1.29 is 14.4 Å². The molecule has 3 N–H and O–H groups in total. The Hall–Kier alpha value is -4.34. The van der Waals surface area contributed by atoms with Crippen molar-refractivity contribution in [3.8, 4) is 0 Å². The van der Waals surface area contributed by atoms with Crippen LogP contribution in [0.5, 0.6) is 0 Å². The molecule has 3 amide bonds. The average molecular weight is 488 g/mol. The number of benzene rings is 1. The van der Waals surface area contributed by atoms with Crippen LogP contribution in [-0.4, -0.2) is 61.6 Å². The molecule has 0 radical (unpaired) electrons. The summed E-state index contributed by atoms with van der Waals surface area (Å²) in [5.41, 5.74) is 8.31. The number of anilines is 2. The molecule has 1 fully saturated rings. The number of aromatic nitrogens is 3. The summed E-state index contributed by atoms with van der Waals surface area (Å²) in [4.78, 5) is 53.4. The molecule has 3 heterocycles. The number of nitrogens with two attached hydrogens (primary N) is 1. The van der Waals surface area contributed by atoms with Crippen molar-refractivity contribution in [2.45, 2.75) is 39.3 Å². The van der Waals surface area contributed by atoms with E-state index in [1.54, 1.807) is 34.2 Å². The lowest BCUT2D eigenvalue weighted by molar-refractivity contribution is -0.150. The minimum atomic E-state index is -0.514. The number of fused-ring (bicyclic) bond motifs is 1. The Balaban J connectivity index is 1.44. The summed E-state index contributed by atoms with van der Waals surface area (Å²) in [5.74, 6) is 0.382. The van der Waals surface area contributed by atoms with Gasteiger partial charge in [-0.2, -0.15) is 0 Å². The minimum absolute atomic E-state index is 0.0616. The molecule has 36 heavy (non-hydrogen) atoms. The second-order valence-corrected chi connectivity index (χ2v) is 8.70. The Bertz CT molecular complexity index is 1310. The molecule has 10 nitrogen and oxygen atoms in total. The van der Waals surface area contributed by atoms with E-state index in [2.05, 4.69) is 20.3 Å². The molecule has 1 atom stereocenters. The van der Waals surface area contributed by atoms with Gasteiger partial charge in [0.25, 0.3) is 0 Å². The van der Waals surface area contributed by atoms with Gasteiger partial charge in [-0.1, -0.05) is 19.4 Å². The zero-order valence-electron chi connectivity index (χ0n) is 20.3. The van der Waals surface area contributed by atoms with Gasteiger partial charge in [-0.05, 0) is 47.9 Å². The number of carbonyl (C=O) groups excluding carboxylic acids is 3. The first-order valence-electron chi connectivity index (χ1n) is 11.9. The first-order chi connectivity index (χ1) is 17.4. The highest BCUT2D eigenvalue weighted by atomic mass is 16.2. The van der Waals surface area contributed by atoms with Crippen molar-refractivity contribution in [3.63, 3.8) is 0 Å². The van der Waals surface area contributed by atoms with Crippen molar-refractivity contribution in [2.24, 2.45) is 0 Å². The van der Waals surface area contributed by atoms with Crippen LogP contribution in [0.2, 0.25) is 0 Å². The van der Waals surface area contributed by atoms with Gasteiger partial charge in [-0.15, -0.1) is 0 Å². The molecule has 0 saturated carbocycles. The Morgan fingerprint density at radius 3 is 2.72 bits per heavy atom. The lowest BCUT2D eigenvalue weighted by Crippen LogP contribution is -2.58. The van der Waals surface area contributed by atoms with Gasteiger partial charge >= 0.3 is 0 Å². The zero-order valence-corrected chi connectivity index (χ0v) is 20.3. The number of pyridine rings is 1. The maximum Gasteiger partial charge on any atom is 0.247 e. The van der Waals surface area contributed by atoms with Crippen LogP contribution in [0.3, 0.4) is 0 Å². The van der Waals surface area contributed by atoms with E-state index in [0.717, 1.165) is 28.5 Å². The van der Waals surface area contributed by atoms with E-state index >= 15 is 0 Å². The molecule has 3 aromatic rings. The largest absolute Gasteiger partial charge is 0.383 e. The van der Waals surface area contributed by atoms with Crippen molar-refractivity contribution >= 4 is 46.3 Å². The van der Waals surface area contributed by atoms with Gasteiger partial charge in [-0.25, -0.2) is 15.0 Å². The smallest absolute Gasteiger partial charge is 0.247 e. The highest BCUT2D eigenvalue weighted by Crippen LogP contribution is 2.22. The number of nitrogens with zero attached hydrogens (tertiary/aromatic N) is 5. The fourth-order valence-electron chi connectivity index (χ4n) is 4.28. The zero-order chi connectivity index (χ0) is 25.7. The molecular formula is C26H29N7O3. The normalized spacial score (nSPS) is 16.1. The lowest BCUT2D eigenvalue weighted by Gasteiger charge is -2.40. The SMILES string of the molecule is CCC[C@H]1C(=O)N(Cc2ccc3c(N)ncnc3c2)CCN1C(=O)C=Cc1ccc(NC(C)=O)nc1. The minimum Gasteiger partial charge on any atom is -0.383 e. The average Bonchev–Trinajstić information content (AvgIpc) is 2.86. The molecule has 4 rings (SSSR count). The van der Waals surface area contributed by atoms with Gasteiger partial charge in [0.1, 0.15) is 24.0 Å². The second-order valence-electron chi connectivity index (χ2n) is 8.70. The van der Waals surface area contributed by atoms with Crippen LogP contribution in [0.15, 0.2) is 48.9 Å². The predicted octanol–water partition coefficient (Wildman–Crippen LogP) is 2.62. The molecule has 1 saturated heterocycles. The van der Waals surface area contributed by atoms with E-state index in [4.69, 9.17) is 5.73 Å². The number of nitrogens with one attached hydrogen (secondary N) is 1. The summed E-state index contributed by atoms with van der Waals surface area (Å²) >= 11 is 0. The number of carbonyl (C=O) groups is 3. The monoisotopic (exact) mass is 487 g/mol. The summed E-state index contributed by atoms with van der Waals surface area (Å²) in [6.45, 7) is 4.73. The van der Waals surface area contributed by atoms with Crippen LogP contribution in [0.1, 0.15) is 37.8 Å². The fraction of sp³-hybridized carbons (Fsp3) is 0.308. The van der Waals surface area contributed by atoms with E-state index in [1.165, 1.54) is 19.3 Å². The lowest BCUT2D eigenvalue weighted by atomic mass is 10.0. The first-order valence-corrected chi connectivity index (χ1v) is 11.9. The molecule has 186 valence electrons. The van der Waals surface area contributed by atoms with Crippen LogP contribution in [-0.2, 0) is 20.9 Å². The molecule has 2 aromatic heterocycles.